The van der Waals surface area contributed by atoms with Crippen LogP contribution >= 0.6 is 0 Å². The van der Waals surface area contributed by atoms with Crippen LogP contribution < -0.4 is 0 Å². The third kappa shape index (κ3) is 5.67. The fraction of sp³-hybridized carbons (Fsp3) is 0.588. The first kappa shape index (κ1) is 19.7. The van der Waals surface area contributed by atoms with Gasteiger partial charge in [0.05, 0.1) is 12.1 Å². The normalized spacial score (nSPS) is 19.8. The van der Waals surface area contributed by atoms with Gasteiger partial charge in [0.25, 0.3) is 0 Å². The Labute approximate surface area is 144 Å². The molecule has 1 atom stereocenters. The maximum absolute atomic E-state index is 13.2. The van der Waals surface area contributed by atoms with E-state index in [-0.39, 0.29) is 24.7 Å². The van der Waals surface area contributed by atoms with Crippen molar-refractivity contribution in [2.24, 2.45) is 0 Å². The van der Waals surface area contributed by atoms with Crippen LogP contribution in [-0.4, -0.2) is 53.6 Å². The number of halogens is 4. The lowest BCUT2D eigenvalue weighted by molar-refractivity contribution is -0.139. The number of rotatable bonds is 5. The van der Waals surface area contributed by atoms with E-state index in [1.165, 1.54) is 6.07 Å². The van der Waals surface area contributed by atoms with Gasteiger partial charge in [-0.2, -0.15) is 13.2 Å². The van der Waals surface area contributed by atoms with Gasteiger partial charge in [-0.15, -0.1) is 0 Å². The first-order chi connectivity index (χ1) is 11.7. The fourth-order valence-electron chi connectivity index (χ4n) is 3.27. The second kappa shape index (κ2) is 8.14. The molecule has 1 fully saturated rings. The zero-order valence-electron chi connectivity index (χ0n) is 14.0. The first-order valence-electron chi connectivity index (χ1n) is 8.17. The van der Waals surface area contributed by atoms with Crippen LogP contribution in [0.1, 0.15) is 30.4 Å². The molecule has 0 saturated carbocycles. The van der Waals surface area contributed by atoms with E-state index in [0.29, 0.717) is 25.6 Å². The number of carbonyl (C=O) groups is 1. The molecule has 1 aromatic carbocycles. The molecule has 1 unspecified atom stereocenters. The Kier molecular flexibility index (Phi) is 6.40. The van der Waals surface area contributed by atoms with Crippen molar-refractivity contribution >= 4 is 5.97 Å². The van der Waals surface area contributed by atoms with Gasteiger partial charge in [-0.25, -0.2) is 4.39 Å². The average Bonchev–Trinajstić information content (AvgIpc) is 2.73. The zero-order chi connectivity index (χ0) is 18.6. The van der Waals surface area contributed by atoms with Gasteiger partial charge in [0.15, 0.2) is 0 Å². The summed E-state index contributed by atoms with van der Waals surface area (Å²) in [4.78, 5) is 14.5. The molecule has 140 valence electrons. The molecular formula is C17H22F4N2O2. The average molecular weight is 362 g/mol. The Bertz CT molecular complexity index is 607. The smallest absolute Gasteiger partial charge is 0.416 e. The molecule has 25 heavy (non-hydrogen) atoms. The topological polar surface area (TPSA) is 43.8 Å². The molecule has 8 heteroatoms. The van der Waals surface area contributed by atoms with E-state index in [0.717, 1.165) is 18.9 Å². The molecule has 1 heterocycles. The van der Waals surface area contributed by atoms with Crippen molar-refractivity contribution in [3.05, 3.63) is 35.1 Å². The minimum absolute atomic E-state index is 0.0547. The lowest BCUT2D eigenvalue weighted by Crippen LogP contribution is -2.36. The van der Waals surface area contributed by atoms with Crippen LogP contribution in [0.5, 0.6) is 0 Å². The van der Waals surface area contributed by atoms with E-state index < -0.39 is 23.5 Å². The molecule has 1 N–H and O–H groups in total. The maximum atomic E-state index is 13.2. The van der Waals surface area contributed by atoms with Crippen molar-refractivity contribution in [2.45, 2.75) is 38.0 Å². The molecule has 0 radical (unpaired) electrons. The van der Waals surface area contributed by atoms with Crippen LogP contribution in [0, 0.1) is 5.82 Å². The van der Waals surface area contributed by atoms with Crippen molar-refractivity contribution in [3.63, 3.8) is 0 Å². The summed E-state index contributed by atoms with van der Waals surface area (Å²) in [6.07, 6.45) is -2.33. The number of hydrogen-bond acceptors (Lipinski definition) is 3. The summed E-state index contributed by atoms with van der Waals surface area (Å²) in [5.41, 5.74) is -0.873. The Balaban J connectivity index is 2.04. The molecule has 2 rings (SSSR count). The molecule has 4 nitrogen and oxygen atoms in total. The van der Waals surface area contributed by atoms with E-state index in [1.54, 1.807) is 11.9 Å². The van der Waals surface area contributed by atoms with Gasteiger partial charge in [-0.3, -0.25) is 14.6 Å². The van der Waals surface area contributed by atoms with Crippen LogP contribution in [0.3, 0.4) is 0 Å². The standard InChI is InChI=1S/C17H22F4N2O2/c1-22(11-16(24)25)14-3-2-7-23(8-6-14)10-12-4-5-13(18)9-15(12)17(19,20)21/h4-5,9,14H,2-3,6-8,10-11H2,1H3,(H,24,25). The largest absolute Gasteiger partial charge is 0.480 e. The van der Waals surface area contributed by atoms with E-state index in [4.69, 9.17) is 5.11 Å². The summed E-state index contributed by atoms with van der Waals surface area (Å²) in [5, 5.41) is 8.87. The number of alkyl halides is 3. The van der Waals surface area contributed by atoms with Gasteiger partial charge in [0.2, 0.25) is 0 Å². The first-order valence-corrected chi connectivity index (χ1v) is 8.17. The molecule has 0 bridgehead atoms. The number of benzene rings is 1. The molecular weight excluding hydrogens is 340 g/mol. The second-order valence-corrected chi connectivity index (χ2v) is 6.47. The lowest BCUT2D eigenvalue weighted by atomic mass is 10.1. The number of likely N-dealkylation sites (N-methyl/N-ethyl adjacent to an activating group) is 1. The molecule has 1 saturated heterocycles. The molecule has 0 aromatic heterocycles. The van der Waals surface area contributed by atoms with Gasteiger partial charge in [0, 0.05) is 12.6 Å². The Morgan fingerprint density at radius 2 is 2.04 bits per heavy atom. The van der Waals surface area contributed by atoms with Crippen molar-refractivity contribution in [3.8, 4) is 0 Å². The van der Waals surface area contributed by atoms with E-state index >= 15 is 0 Å². The Morgan fingerprint density at radius 3 is 2.68 bits per heavy atom. The third-order valence-electron chi connectivity index (χ3n) is 4.57. The third-order valence-corrected chi connectivity index (χ3v) is 4.57. The minimum Gasteiger partial charge on any atom is -0.480 e. The zero-order valence-corrected chi connectivity index (χ0v) is 14.0. The maximum Gasteiger partial charge on any atom is 0.416 e. The summed E-state index contributed by atoms with van der Waals surface area (Å²) in [6, 6.07) is 2.87. The minimum atomic E-state index is -4.59. The fourth-order valence-corrected chi connectivity index (χ4v) is 3.27. The number of nitrogens with zero attached hydrogens (tertiary/aromatic N) is 2. The molecule has 0 amide bonds. The molecule has 0 aliphatic carbocycles. The predicted octanol–water partition coefficient (Wildman–Crippen LogP) is 3.22. The number of carboxylic acids is 1. The lowest BCUT2D eigenvalue weighted by Gasteiger charge is -2.26. The highest BCUT2D eigenvalue weighted by Gasteiger charge is 2.34. The van der Waals surface area contributed by atoms with Gasteiger partial charge in [-0.05, 0) is 57.1 Å². The summed E-state index contributed by atoms with van der Waals surface area (Å²) in [6.45, 7) is 1.25. The van der Waals surface area contributed by atoms with Crippen LogP contribution in [0.2, 0.25) is 0 Å². The highest BCUT2D eigenvalue weighted by molar-refractivity contribution is 5.69. The predicted molar refractivity (Wildman–Crippen MR) is 84.6 cm³/mol. The quantitative estimate of drug-likeness (QED) is 0.817. The van der Waals surface area contributed by atoms with Gasteiger partial charge in [0.1, 0.15) is 5.82 Å². The van der Waals surface area contributed by atoms with Crippen molar-refractivity contribution < 1.29 is 27.5 Å². The van der Waals surface area contributed by atoms with Gasteiger partial charge in [-0.1, -0.05) is 6.07 Å². The number of aliphatic carboxylic acids is 1. The highest BCUT2D eigenvalue weighted by Crippen LogP contribution is 2.33. The molecule has 0 spiro atoms. The van der Waals surface area contributed by atoms with Crippen molar-refractivity contribution in [1.82, 2.24) is 9.80 Å². The van der Waals surface area contributed by atoms with E-state index in [9.17, 15) is 22.4 Å². The Morgan fingerprint density at radius 1 is 1.32 bits per heavy atom. The van der Waals surface area contributed by atoms with Gasteiger partial charge < -0.3 is 5.11 Å². The van der Waals surface area contributed by atoms with Crippen molar-refractivity contribution in [1.29, 1.82) is 0 Å². The van der Waals surface area contributed by atoms with Crippen LogP contribution in [0.15, 0.2) is 18.2 Å². The monoisotopic (exact) mass is 362 g/mol. The van der Waals surface area contributed by atoms with Crippen LogP contribution in [-0.2, 0) is 17.5 Å². The van der Waals surface area contributed by atoms with E-state index in [2.05, 4.69) is 0 Å². The number of likely N-dealkylation sites (tertiary alicyclic amines) is 1. The Hall–Kier alpha value is -1.67. The van der Waals surface area contributed by atoms with Gasteiger partial charge >= 0.3 is 12.1 Å². The molecule has 1 aliphatic heterocycles. The van der Waals surface area contributed by atoms with Crippen LogP contribution in [0.25, 0.3) is 0 Å². The summed E-state index contributed by atoms with van der Waals surface area (Å²) >= 11 is 0. The molecule has 1 aliphatic rings. The SMILES string of the molecule is CN(CC(=O)O)C1CCCN(Cc2ccc(F)cc2C(F)(F)F)CC1. The summed E-state index contributed by atoms with van der Waals surface area (Å²) in [7, 11) is 1.75. The summed E-state index contributed by atoms with van der Waals surface area (Å²) < 4.78 is 52.5. The summed E-state index contributed by atoms with van der Waals surface area (Å²) in [5.74, 6) is -1.80. The van der Waals surface area contributed by atoms with E-state index in [1.807, 2.05) is 4.90 Å². The second-order valence-electron chi connectivity index (χ2n) is 6.47. The van der Waals surface area contributed by atoms with Crippen molar-refractivity contribution in [2.75, 3.05) is 26.7 Å². The highest BCUT2D eigenvalue weighted by atomic mass is 19.4. The molecule has 1 aromatic rings. The number of carboxylic acid groups (broad SMARTS) is 1. The van der Waals surface area contributed by atoms with Crippen LogP contribution in [0.4, 0.5) is 17.6 Å². The number of hydrogen-bond donors (Lipinski definition) is 1.